The summed E-state index contributed by atoms with van der Waals surface area (Å²) in [5.74, 6) is 0.00199. The normalized spacial score (nSPS) is 22.0. The Morgan fingerprint density at radius 1 is 1.62 bits per heavy atom. The molecule has 0 saturated carbocycles. The van der Waals surface area contributed by atoms with Gasteiger partial charge in [-0.15, -0.1) is 0 Å². The van der Waals surface area contributed by atoms with Crippen molar-refractivity contribution in [2.75, 3.05) is 26.8 Å². The average Bonchev–Trinajstić information content (AvgIpc) is 2.52. The van der Waals surface area contributed by atoms with Crippen LogP contribution in [-0.4, -0.2) is 49.4 Å². The first kappa shape index (κ1) is 10.1. The van der Waals surface area contributed by atoms with E-state index in [0.29, 0.717) is 13.2 Å². The van der Waals surface area contributed by atoms with Crippen LogP contribution in [0.5, 0.6) is 0 Å². The van der Waals surface area contributed by atoms with Crippen molar-refractivity contribution in [3.8, 4) is 0 Å². The van der Waals surface area contributed by atoms with Gasteiger partial charge in [0.25, 0.3) is 0 Å². The predicted molar refractivity (Wildman–Crippen MR) is 48.1 cm³/mol. The fourth-order valence-electron chi connectivity index (χ4n) is 1.42. The molecule has 0 spiro atoms. The summed E-state index contributed by atoms with van der Waals surface area (Å²) in [6.07, 6.45) is 0. The van der Waals surface area contributed by atoms with Crippen LogP contribution in [0.3, 0.4) is 0 Å². The van der Waals surface area contributed by atoms with Crippen LogP contribution in [0.15, 0.2) is 0 Å². The number of hydrogen-bond acceptors (Lipinski definition) is 4. The first-order chi connectivity index (χ1) is 6.16. The monoisotopic (exact) mass is 185 g/mol. The van der Waals surface area contributed by atoms with Crippen molar-refractivity contribution in [3.05, 3.63) is 0 Å². The SMILES string of the molecule is CNCC(=O)N1CNCC1C(C)=O. The second-order valence-corrected chi connectivity index (χ2v) is 3.13. The predicted octanol–water partition coefficient (Wildman–Crippen LogP) is -1.45. The van der Waals surface area contributed by atoms with E-state index in [0.717, 1.165) is 0 Å². The minimum Gasteiger partial charge on any atom is -0.317 e. The first-order valence-corrected chi connectivity index (χ1v) is 4.32. The molecule has 1 saturated heterocycles. The summed E-state index contributed by atoms with van der Waals surface area (Å²) in [5.41, 5.74) is 0. The van der Waals surface area contributed by atoms with Crippen molar-refractivity contribution in [1.82, 2.24) is 15.5 Å². The van der Waals surface area contributed by atoms with Crippen molar-refractivity contribution in [3.63, 3.8) is 0 Å². The Morgan fingerprint density at radius 2 is 2.31 bits per heavy atom. The summed E-state index contributed by atoms with van der Waals surface area (Å²) in [6, 6.07) is -0.277. The summed E-state index contributed by atoms with van der Waals surface area (Å²) < 4.78 is 0. The highest BCUT2D eigenvalue weighted by molar-refractivity contribution is 5.89. The third kappa shape index (κ3) is 2.26. The van der Waals surface area contributed by atoms with E-state index in [1.54, 1.807) is 11.9 Å². The molecule has 2 N–H and O–H groups in total. The summed E-state index contributed by atoms with van der Waals surface area (Å²) in [7, 11) is 1.71. The van der Waals surface area contributed by atoms with Crippen LogP contribution in [-0.2, 0) is 9.59 Å². The zero-order chi connectivity index (χ0) is 9.84. The van der Waals surface area contributed by atoms with Gasteiger partial charge in [-0.3, -0.25) is 14.9 Å². The van der Waals surface area contributed by atoms with E-state index in [4.69, 9.17) is 0 Å². The third-order valence-corrected chi connectivity index (χ3v) is 2.11. The van der Waals surface area contributed by atoms with E-state index in [2.05, 4.69) is 10.6 Å². The van der Waals surface area contributed by atoms with Gasteiger partial charge < -0.3 is 10.2 Å². The van der Waals surface area contributed by atoms with Crippen molar-refractivity contribution in [2.45, 2.75) is 13.0 Å². The van der Waals surface area contributed by atoms with E-state index < -0.39 is 0 Å². The highest BCUT2D eigenvalue weighted by atomic mass is 16.2. The topological polar surface area (TPSA) is 61.4 Å². The standard InChI is InChI=1S/C8H15N3O2/c1-6(12)7-3-10-5-11(7)8(13)4-9-2/h7,9-10H,3-5H2,1-2H3. The Balaban J connectivity index is 2.57. The summed E-state index contributed by atoms with van der Waals surface area (Å²) in [4.78, 5) is 24.1. The van der Waals surface area contributed by atoms with Crippen LogP contribution >= 0.6 is 0 Å². The lowest BCUT2D eigenvalue weighted by atomic mass is 10.2. The molecule has 5 heteroatoms. The summed E-state index contributed by atoms with van der Waals surface area (Å²) >= 11 is 0. The van der Waals surface area contributed by atoms with E-state index in [-0.39, 0.29) is 24.3 Å². The average molecular weight is 185 g/mol. The van der Waals surface area contributed by atoms with Gasteiger partial charge in [0.1, 0.15) is 6.04 Å². The molecule has 0 aliphatic carbocycles. The second kappa shape index (κ2) is 4.34. The Morgan fingerprint density at radius 3 is 2.85 bits per heavy atom. The van der Waals surface area contributed by atoms with Crippen LogP contribution in [0.25, 0.3) is 0 Å². The fourth-order valence-corrected chi connectivity index (χ4v) is 1.42. The second-order valence-electron chi connectivity index (χ2n) is 3.13. The van der Waals surface area contributed by atoms with Crippen LogP contribution in [0, 0.1) is 0 Å². The molecule has 1 fully saturated rings. The molecular weight excluding hydrogens is 170 g/mol. The molecule has 1 unspecified atom stereocenters. The van der Waals surface area contributed by atoms with Crippen LogP contribution < -0.4 is 10.6 Å². The lowest BCUT2D eigenvalue weighted by molar-refractivity contribution is -0.135. The molecule has 13 heavy (non-hydrogen) atoms. The molecule has 0 aromatic rings. The lowest BCUT2D eigenvalue weighted by Gasteiger charge is -2.20. The highest BCUT2D eigenvalue weighted by Gasteiger charge is 2.30. The summed E-state index contributed by atoms with van der Waals surface area (Å²) in [6.45, 7) is 2.85. The molecule has 1 heterocycles. The smallest absolute Gasteiger partial charge is 0.238 e. The van der Waals surface area contributed by atoms with Gasteiger partial charge in [-0.1, -0.05) is 0 Å². The maximum atomic E-state index is 11.4. The number of Topliss-reactive ketones (excluding diaryl/α,β-unsaturated/α-hetero) is 1. The first-order valence-electron chi connectivity index (χ1n) is 4.32. The van der Waals surface area contributed by atoms with Gasteiger partial charge in [0.2, 0.25) is 5.91 Å². The highest BCUT2D eigenvalue weighted by Crippen LogP contribution is 2.05. The minimum absolute atomic E-state index is 0.0345. The number of ketones is 1. The van der Waals surface area contributed by atoms with Gasteiger partial charge in [0.15, 0.2) is 5.78 Å². The number of rotatable bonds is 3. The van der Waals surface area contributed by atoms with E-state index in [9.17, 15) is 9.59 Å². The van der Waals surface area contributed by atoms with E-state index >= 15 is 0 Å². The van der Waals surface area contributed by atoms with Gasteiger partial charge >= 0.3 is 0 Å². The van der Waals surface area contributed by atoms with Crippen molar-refractivity contribution >= 4 is 11.7 Å². The minimum atomic E-state index is -0.277. The molecule has 0 radical (unpaired) electrons. The number of carbonyl (C=O) groups is 2. The van der Waals surface area contributed by atoms with Gasteiger partial charge in [0, 0.05) is 6.54 Å². The van der Waals surface area contributed by atoms with Gasteiger partial charge in [-0.25, -0.2) is 0 Å². The number of carbonyl (C=O) groups excluding carboxylic acids is 2. The maximum absolute atomic E-state index is 11.4. The van der Waals surface area contributed by atoms with Crippen LogP contribution in [0.2, 0.25) is 0 Å². The van der Waals surface area contributed by atoms with Gasteiger partial charge in [-0.05, 0) is 14.0 Å². The molecule has 0 aromatic carbocycles. The maximum Gasteiger partial charge on any atom is 0.238 e. The number of nitrogens with zero attached hydrogens (tertiary/aromatic N) is 1. The molecule has 5 nitrogen and oxygen atoms in total. The number of nitrogens with one attached hydrogen (secondary N) is 2. The number of hydrogen-bond donors (Lipinski definition) is 2. The largest absolute Gasteiger partial charge is 0.317 e. The third-order valence-electron chi connectivity index (χ3n) is 2.11. The Bertz CT molecular complexity index is 217. The number of likely N-dealkylation sites (N-methyl/N-ethyl adjacent to an activating group) is 1. The molecule has 1 amide bonds. The van der Waals surface area contributed by atoms with Crippen molar-refractivity contribution in [1.29, 1.82) is 0 Å². The van der Waals surface area contributed by atoms with E-state index in [1.807, 2.05) is 0 Å². The van der Waals surface area contributed by atoms with E-state index in [1.165, 1.54) is 6.92 Å². The zero-order valence-corrected chi connectivity index (χ0v) is 7.96. The molecule has 1 aliphatic heterocycles. The Kier molecular flexibility index (Phi) is 3.39. The lowest BCUT2D eigenvalue weighted by Crippen LogP contribution is -2.44. The quantitative estimate of drug-likeness (QED) is 0.565. The molecule has 1 rings (SSSR count). The summed E-state index contributed by atoms with van der Waals surface area (Å²) in [5, 5.41) is 5.77. The fraction of sp³-hybridized carbons (Fsp3) is 0.750. The number of amides is 1. The Hall–Kier alpha value is -0.940. The zero-order valence-electron chi connectivity index (χ0n) is 7.96. The van der Waals surface area contributed by atoms with Crippen molar-refractivity contribution in [2.24, 2.45) is 0 Å². The van der Waals surface area contributed by atoms with Crippen LogP contribution in [0.1, 0.15) is 6.92 Å². The molecule has 1 atom stereocenters. The molecule has 0 bridgehead atoms. The van der Waals surface area contributed by atoms with Crippen LogP contribution in [0.4, 0.5) is 0 Å². The molecule has 1 aliphatic rings. The molecule has 0 aromatic heterocycles. The van der Waals surface area contributed by atoms with Gasteiger partial charge in [-0.2, -0.15) is 0 Å². The van der Waals surface area contributed by atoms with Crippen molar-refractivity contribution < 1.29 is 9.59 Å². The Labute approximate surface area is 77.5 Å². The van der Waals surface area contributed by atoms with Gasteiger partial charge in [0.05, 0.1) is 13.2 Å². The molecular formula is C8H15N3O2. The molecule has 74 valence electrons.